The van der Waals surface area contributed by atoms with Crippen LogP contribution >= 0.6 is 21.4 Å². The Hall–Kier alpha value is -3.27. The zero-order valence-electron chi connectivity index (χ0n) is 15.3. The van der Waals surface area contributed by atoms with E-state index < -0.39 is 15.2 Å². The molecule has 0 radical (unpaired) electrons. The number of carboxylic acid groups (broad SMARTS) is 1. The molecule has 0 saturated carbocycles. The fourth-order valence-corrected chi connectivity index (χ4v) is 1.27. The molecule has 162 valence electrons. The van der Waals surface area contributed by atoms with Gasteiger partial charge in [0, 0.05) is 46.2 Å². The van der Waals surface area contributed by atoms with Crippen LogP contribution in [-0.4, -0.2) is 50.6 Å². The molecule has 2 aromatic rings. The van der Waals surface area contributed by atoms with E-state index in [4.69, 9.17) is 28.5 Å². The van der Waals surface area contributed by atoms with Crippen LogP contribution in [0.5, 0.6) is 0 Å². The lowest BCUT2D eigenvalue weighted by atomic mass is 10.2. The molecular formula is C16H14Cl2N2O9S. The molecule has 0 atom stereocenters. The van der Waals surface area contributed by atoms with Gasteiger partial charge in [0.05, 0.1) is 18.2 Å². The van der Waals surface area contributed by atoms with E-state index in [1.165, 1.54) is 31.8 Å². The van der Waals surface area contributed by atoms with E-state index in [-0.39, 0.29) is 23.8 Å². The van der Waals surface area contributed by atoms with Gasteiger partial charge >= 0.3 is 24.2 Å². The van der Waals surface area contributed by atoms with Gasteiger partial charge < -0.3 is 9.84 Å². The average molecular weight is 481 g/mol. The van der Waals surface area contributed by atoms with E-state index in [1.54, 1.807) is 18.3 Å². The number of halogens is 2. The number of ether oxygens (including phenoxy) is 1. The van der Waals surface area contributed by atoms with Crippen molar-refractivity contribution in [2.75, 3.05) is 7.11 Å². The highest BCUT2D eigenvalue weighted by molar-refractivity contribution is 8.26. The predicted molar refractivity (Wildman–Crippen MR) is 101 cm³/mol. The number of pyridine rings is 2. The van der Waals surface area contributed by atoms with Crippen LogP contribution in [0.25, 0.3) is 0 Å². The minimum Gasteiger partial charge on any atom is -0.478 e. The van der Waals surface area contributed by atoms with Crippen molar-refractivity contribution in [3.05, 3.63) is 59.7 Å². The quantitative estimate of drug-likeness (QED) is 0.489. The summed E-state index contributed by atoms with van der Waals surface area (Å²) in [4.78, 5) is 61.0. The highest BCUT2D eigenvalue weighted by Gasteiger charge is 2.03. The number of carbonyl (C=O) groups is 2. The molecule has 0 aliphatic carbocycles. The number of carbonyl (C=O) groups excluding carboxylic acids is 5. The molecule has 14 heteroatoms. The molecule has 0 bridgehead atoms. The van der Waals surface area contributed by atoms with Gasteiger partial charge in [-0.3, -0.25) is 9.97 Å². The first kappa shape index (κ1) is 31.4. The molecule has 2 aromatic heterocycles. The Kier molecular flexibility index (Phi) is 23.1. The molecule has 0 saturated heterocycles. The Morgan fingerprint density at radius 2 is 1.50 bits per heavy atom. The summed E-state index contributed by atoms with van der Waals surface area (Å²) in [6.45, 7) is 1.87. The number of aryl methyl sites for hydroxylation is 1. The molecular weight excluding hydrogens is 467 g/mol. The third kappa shape index (κ3) is 22.8. The number of hydrogen-bond acceptors (Lipinski definition) is 10. The van der Waals surface area contributed by atoms with Crippen molar-refractivity contribution in [1.82, 2.24) is 9.97 Å². The second-order valence-corrected chi connectivity index (χ2v) is 6.66. The van der Waals surface area contributed by atoms with Crippen LogP contribution in [-0.2, 0) is 33.1 Å². The van der Waals surface area contributed by atoms with E-state index in [1.807, 2.05) is 6.92 Å². The molecule has 0 aromatic carbocycles. The first-order chi connectivity index (χ1) is 14.1. The van der Waals surface area contributed by atoms with Gasteiger partial charge in [0.25, 0.3) is 0 Å². The number of carboxylic acids is 1. The summed E-state index contributed by atoms with van der Waals surface area (Å²) in [6.07, 6.45) is 6.51. The third-order valence-electron chi connectivity index (χ3n) is 2.20. The van der Waals surface area contributed by atoms with Gasteiger partial charge in [-0.15, -0.1) is 0 Å². The Morgan fingerprint density at radius 3 is 1.80 bits per heavy atom. The van der Waals surface area contributed by atoms with Crippen LogP contribution in [0, 0.1) is 6.92 Å². The molecule has 2 heterocycles. The van der Waals surface area contributed by atoms with Gasteiger partial charge in [-0.25, -0.2) is 13.8 Å². The van der Waals surface area contributed by atoms with E-state index >= 15 is 0 Å². The summed E-state index contributed by atoms with van der Waals surface area (Å²) in [6, 6.07) is 4.82. The van der Waals surface area contributed by atoms with Crippen LogP contribution in [0.1, 0.15) is 26.3 Å². The Morgan fingerprint density at radius 1 is 1.03 bits per heavy atom. The van der Waals surface area contributed by atoms with Gasteiger partial charge in [0.2, 0.25) is 9.23 Å². The molecule has 0 amide bonds. The van der Waals surface area contributed by atoms with E-state index in [0.717, 1.165) is 5.56 Å². The van der Waals surface area contributed by atoms with Crippen LogP contribution in [0.3, 0.4) is 0 Å². The Balaban J connectivity index is -0.000000343. The van der Waals surface area contributed by atoms with Gasteiger partial charge in [-0.2, -0.15) is 19.2 Å². The number of aromatic nitrogens is 2. The molecule has 0 unspecified atom stereocenters. The Bertz CT molecular complexity index is 839. The van der Waals surface area contributed by atoms with Gasteiger partial charge in [0.15, 0.2) is 0 Å². The lowest BCUT2D eigenvalue weighted by Gasteiger charge is -1.97. The van der Waals surface area contributed by atoms with E-state index in [0.29, 0.717) is 5.56 Å². The first-order valence-electron chi connectivity index (χ1n) is 6.97. The normalized spacial score (nSPS) is 7.77. The topological polar surface area (TPSA) is 175 Å². The Labute approximate surface area is 181 Å². The van der Waals surface area contributed by atoms with Crippen LogP contribution in [0.15, 0.2) is 43.0 Å². The molecule has 0 aliphatic rings. The van der Waals surface area contributed by atoms with E-state index in [9.17, 15) is 9.59 Å². The minimum absolute atomic E-state index is 0.220. The number of nitrogens with zero attached hydrogens (tertiary/aromatic N) is 2. The van der Waals surface area contributed by atoms with Crippen molar-refractivity contribution in [3.63, 3.8) is 0 Å². The SMILES string of the molecule is COC(=O)c1cncc(C)c1.O=C(O)c1cccnc1.O=C=O.O=C=O.O=S(Cl)Cl. The summed E-state index contributed by atoms with van der Waals surface area (Å²) < 4.78 is 13.6. The number of methoxy groups -OCH3 is 1. The summed E-state index contributed by atoms with van der Waals surface area (Å²) in [5.41, 5.74) is 1.66. The molecule has 30 heavy (non-hydrogen) atoms. The zero-order valence-corrected chi connectivity index (χ0v) is 17.6. The standard InChI is InChI=1S/C8H9NO2.C6H5NO2.2CO2.Cl2OS/c1-6-3-7(5-9-4-6)8(10)11-2;8-6(9)5-2-1-3-7-4-5;2*2-1-3;1-4(2)3/h3-5H,1-2H3;1-4H,(H,8,9);;;. The van der Waals surface area contributed by atoms with Crippen molar-refractivity contribution in [2.24, 2.45) is 0 Å². The maximum absolute atomic E-state index is 10.9. The van der Waals surface area contributed by atoms with Crippen LogP contribution in [0.2, 0.25) is 0 Å². The van der Waals surface area contributed by atoms with Crippen molar-refractivity contribution < 1.29 is 42.8 Å². The van der Waals surface area contributed by atoms with Crippen LogP contribution in [0.4, 0.5) is 0 Å². The van der Waals surface area contributed by atoms with Gasteiger partial charge in [-0.1, -0.05) is 0 Å². The number of hydrogen-bond donors (Lipinski definition) is 1. The van der Waals surface area contributed by atoms with Crippen molar-refractivity contribution >= 4 is 54.8 Å². The first-order valence-corrected chi connectivity index (χ1v) is 9.77. The molecule has 11 nitrogen and oxygen atoms in total. The lowest BCUT2D eigenvalue weighted by molar-refractivity contribution is -0.193. The molecule has 2 rings (SSSR count). The maximum atomic E-state index is 10.9. The maximum Gasteiger partial charge on any atom is 0.373 e. The minimum atomic E-state index is -1.67. The highest BCUT2D eigenvalue weighted by Crippen LogP contribution is 2.01. The highest BCUT2D eigenvalue weighted by atomic mass is 36.0. The average Bonchev–Trinajstić information content (AvgIpc) is 2.69. The predicted octanol–water partition coefficient (Wildman–Crippen LogP) is 1.83. The molecule has 0 aliphatic heterocycles. The number of aromatic carboxylic acids is 1. The summed E-state index contributed by atoms with van der Waals surface area (Å²) in [5, 5.41) is 8.34. The van der Waals surface area contributed by atoms with Crippen molar-refractivity contribution in [2.45, 2.75) is 6.92 Å². The second kappa shape index (κ2) is 22.0. The summed E-state index contributed by atoms with van der Waals surface area (Å²) in [7, 11) is 8.71. The van der Waals surface area contributed by atoms with E-state index in [2.05, 4.69) is 36.1 Å². The van der Waals surface area contributed by atoms with Gasteiger partial charge in [-0.05, 0) is 30.7 Å². The summed E-state index contributed by atoms with van der Waals surface area (Å²) >= 11 is 0. The van der Waals surface area contributed by atoms with Crippen molar-refractivity contribution in [3.8, 4) is 0 Å². The van der Waals surface area contributed by atoms with Crippen LogP contribution < -0.4 is 0 Å². The smallest absolute Gasteiger partial charge is 0.373 e. The molecule has 0 fully saturated rings. The fourth-order valence-electron chi connectivity index (χ4n) is 1.27. The van der Waals surface area contributed by atoms with Crippen molar-refractivity contribution in [1.29, 1.82) is 0 Å². The van der Waals surface area contributed by atoms with Gasteiger partial charge in [0.1, 0.15) is 0 Å². The number of esters is 1. The molecule has 1 N–H and O–H groups in total. The number of rotatable bonds is 2. The second-order valence-electron chi connectivity index (χ2n) is 4.14. The zero-order chi connectivity index (χ0) is 23.9. The monoisotopic (exact) mass is 480 g/mol. The fraction of sp³-hybridized carbons (Fsp3) is 0.125. The third-order valence-corrected chi connectivity index (χ3v) is 2.20. The summed E-state index contributed by atoms with van der Waals surface area (Å²) in [5.74, 6) is -1.29. The lowest BCUT2D eigenvalue weighted by Crippen LogP contribution is -2.01. The largest absolute Gasteiger partial charge is 0.478 e. The molecule has 0 spiro atoms.